The molecule has 0 aromatic rings. The first-order chi connectivity index (χ1) is 25.1. The molecule has 1 atom stereocenters. The lowest BCUT2D eigenvalue weighted by atomic mass is 10.1. The Kier molecular flexibility index (Phi) is 39.1. The third-order valence-corrected chi connectivity index (χ3v) is 8.42. The number of esters is 2. The van der Waals surface area contributed by atoms with Crippen molar-refractivity contribution in [3.05, 3.63) is 85.1 Å². The number of aliphatic hydroxyl groups is 1. The molecular formula is C46H76O5. The SMILES string of the molecule is CC/C=C\C/C=C\C/C=C\C/C=C\C/C=C\C/C=C\CCCCCCCCC(=O)OC(CO)COC(=O)CCCCCCC/C=C\CCCCC. The predicted molar refractivity (Wildman–Crippen MR) is 219 cm³/mol. The summed E-state index contributed by atoms with van der Waals surface area (Å²) in [4.78, 5) is 24.2. The maximum Gasteiger partial charge on any atom is 0.306 e. The van der Waals surface area contributed by atoms with Crippen LogP contribution >= 0.6 is 0 Å². The van der Waals surface area contributed by atoms with Crippen LogP contribution in [0, 0.1) is 0 Å². The molecule has 0 radical (unpaired) electrons. The summed E-state index contributed by atoms with van der Waals surface area (Å²) in [5, 5.41) is 9.55. The van der Waals surface area contributed by atoms with Crippen molar-refractivity contribution in [3.63, 3.8) is 0 Å². The molecule has 0 saturated heterocycles. The molecule has 0 spiro atoms. The van der Waals surface area contributed by atoms with Crippen molar-refractivity contribution in [2.24, 2.45) is 0 Å². The summed E-state index contributed by atoms with van der Waals surface area (Å²) in [7, 11) is 0. The van der Waals surface area contributed by atoms with Crippen LogP contribution in [0.25, 0.3) is 0 Å². The normalized spacial score (nSPS) is 13.1. The first kappa shape index (κ1) is 48.1. The molecule has 0 aliphatic carbocycles. The lowest BCUT2D eigenvalue weighted by Crippen LogP contribution is -2.28. The number of hydrogen-bond donors (Lipinski definition) is 1. The zero-order valence-electron chi connectivity index (χ0n) is 32.8. The van der Waals surface area contributed by atoms with E-state index in [1.807, 2.05) is 0 Å². The zero-order valence-corrected chi connectivity index (χ0v) is 32.8. The van der Waals surface area contributed by atoms with Gasteiger partial charge in [0.1, 0.15) is 6.61 Å². The van der Waals surface area contributed by atoms with Crippen LogP contribution in [0.4, 0.5) is 0 Å². The summed E-state index contributed by atoms with van der Waals surface area (Å²) in [6.07, 6.45) is 56.4. The predicted octanol–water partition coefficient (Wildman–Crippen LogP) is 13.1. The fraction of sp³-hybridized carbons (Fsp3) is 0.652. The molecule has 0 aromatic heterocycles. The fourth-order valence-electron chi connectivity index (χ4n) is 5.31. The van der Waals surface area contributed by atoms with Gasteiger partial charge in [-0.25, -0.2) is 0 Å². The van der Waals surface area contributed by atoms with E-state index in [4.69, 9.17) is 9.47 Å². The number of unbranched alkanes of at least 4 members (excludes halogenated alkanes) is 14. The summed E-state index contributed by atoms with van der Waals surface area (Å²) in [5.41, 5.74) is 0. The van der Waals surface area contributed by atoms with Crippen molar-refractivity contribution in [1.29, 1.82) is 0 Å². The molecular weight excluding hydrogens is 633 g/mol. The van der Waals surface area contributed by atoms with E-state index >= 15 is 0 Å². The van der Waals surface area contributed by atoms with E-state index in [0.717, 1.165) is 89.9 Å². The van der Waals surface area contributed by atoms with Crippen molar-refractivity contribution in [3.8, 4) is 0 Å². The average Bonchev–Trinajstić information content (AvgIpc) is 3.13. The Labute approximate surface area is 314 Å². The summed E-state index contributed by atoms with van der Waals surface area (Å²) in [6, 6.07) is 0. The second-order valence-electron chi connectivity index (χ2n) is 13.3. The maximum absolute atomic E-state index is 12.2. The molecule has 0 aliphatic rings. The van der Waals surface area contributed by atoms with E-state index in [1.54, 1.807) is 0 Å². The number of carbonyl (C=O) groups is 2. The van der Waals surface area contributed by atoms with Gasteiger partial charge >= 0.3 is 11.9 Å². The van der Waals surface area contributed by atoms with Gasteiger partial charge in [0.2, 0.25) is 0 Å². The lowest BCUT2D eigenvalue weighted by molar-refractivity contribution is -0.161. The second kappa shape index (κ2) is 41.5. The third kappa shape index (κ3) is 39.7. The molecule has 0 heterocycles. The van der Waals surface area contributed by atoms with Crippen LogP contribution in [0.3, 0.4) is 0 Å². The number of aliphatic hydroxyl groups excluding tert-OH is 1. The number of hydrogen-bond acceptors (Lipinski definition) is 5. The quantitative estimate of drug-likeness (QED) is 0.0398. The summed E-state index contributed by atoms with van der Waals surface area (Å²) < 4.78 is 10.6. The molecule has 0 aromatic carbocycles. The summed E-state index contributed by atoms with van der Waals surface area (Å²) in [6.45, 7) is 3.96. The van der Waals surface area contributed by atoms with Gasteiger partial charge in [-0.1, -0.05) is 157 Å². The Bertz CT molecular complexity index is 984. The Morgan fingerprint density at radius 1 is 0.471 bits per heavy atom. The fourth-order valence-corrected chi connectivity index (χ4v) is 5.31. The number of carbonyl (C=O) groups excluding carboxylic acids is 2. The molecule has 1 N–H and O–H groups in total. The molecule has 0 fully saturated rings. The highest BCUT2D eigenvalue weighted by Gasteiger charge is 2.16. The Hall–Kier alpha value is -2.92. The van der Waals surface area contributed by atoms with E-state index in [0.29, 0.717) is 12.8 Å². The van der Waals surface area contributed by atoms with Gasteiger partial charge in [-0.05, 0) is 89.9 Å². The van der Waals surface area contributed by atoms with Gasteiger partial charge in [-0.15, -0.1) is 0 Å². The van der Waals surface area contributed by atoms with E-state index in [1.165, 1.54) is 57.8 Å². The van der Waals surface area contributed by atoms with E-state index in [-0.39, 0.29) is 25.2 Å². The highest BCUT2D eigenvalue weighted by Crippen LogP contribution is 2.12. The van der Waals surface area contributed by atoms with Crippen LogP contribution in [-0.4, -0.2) is 36.4 Å². The Balaban J connectivity index is 3.64. The smallest absolute Gasteiger partial charge is 0.306 e. The molecule has 5 heteroatoms. The number of allylic oxidation sites excluding steroid dienone is 14. The molecule has 1 unspecified atom stereocenters. The van der Waals surface area contributed by atoms with Gasteiger partial charge in [-0.2, -0.15) is 0 Å². The minimum Gasteiger partial charge on any atom is -0.462 e. The number of rotatable bonds is 36. The zero-order chi connectivity index (χ0) is 37.1. The standard InChI is InChI=1S/C46H76O5/c1-3-5-7-9-11-13-15-17-18-19-20-21-22-23-24-25-26-27-28-29-31-33-35-37-39-41-46(49)51-44(42-47)43-50-45(48)40-38-36-34-32-30-16-14-12-10-8-6-4-2/h5,7,11-14,17-18,20-21,23-24,26-27,44,47H,3-4,6,8-10,15-16,19,22,25,28-43H2,1-2H3/b7-5-,13-11-,14-12-,18-17-,21-20-,24-23-,27-26-. The molecule has 0 rings (SSSR count). The Morgan fingerprint density at radius 2 is 0.843 bits per heavy atom. The Morgan fingerprint density at radius 3 is 1.29 bits per heavy atom. The first-order valence-electron chi connectivity index (χ1n) is 20.6. The minimum atomic E-state index is -0.787. The monoisotopic (exact) mass is 709 g/mol. The van der Waals surface area contributed by atoms with E-state index < -0.39 is 6.10 Å². The van der Waals surface area contributed by atoms with Crippen LogP contribution in [0.15, 0.2) is 85.1 Å². The molecule has 0 bridgehead atoms. The molecule has 290 valence electrons. The van der Waals surface area contributed by atoms with Gasteiger partial charge < -0.3 is 14.6 Å². The summed E-state index contributed by atoms with van der Waals surface area (Å²) in [5.74, 6) is -0.626. The van der Waals surface area contributed by atoms with Crippen molar-refractivity contribution < 1.29 is 24.2 Å². The van der Waals surface area contributed by atoms with Gasteiger partial charge in [-0.3, -0.25) is 9.59 Å². The molecule has 0 saturated carbocycles. The van der Waals surface area contributed by atoms with Crippen LogP contribution in [-0.2, 0) is 19.1 Å². The largest absolute Gasteiger partial charge is 0.462 e. The molecule has 0 amide bonds. The highest BCUT2D eigenvalue weighted by molar-refractivity contribution is 5.70. The van der Waals surface area contributed by atoms with Gasteiger partial charge in [0.05, 0.1) is 6.61 Å². The number of ether oxygens (including phenoxy) is 2. The average molecular weight is 709 g/mol. The van der Waals surface area contributed by atoms with Crippen molar-refractivity contribution >= 4 is 11.9 Å². The minimum absolute atomic E-state index is 0.0809. The lowest BCUT2D eigenvalue weighted by Gasteiger charge is -2.15. The topological polar surface area (TPSA) is 72.8 Å². The van der Waals surface area contributed by atoms with Crippen molar-refractivity contribution in [2.75, 3.05) is 13.2 Å². The molecule has 51 heavy (non-hydrogen) atoms. The summed E-state index contributed by atoms with van der Waals surface area (Å²) >= 11 is 0. The van der Waals surface area contributed by atoms with Crippen molar-refractivity contribution in [1.82, 2.24) is 0 Å². The van der Waals surface area contributed by atoms with Crippen LogP contribution in [0.2, 0.25) is 0 Å². The van der Waals surface area contributed by atoms with E-state index in [9.17, 15) is 14.7 Å². The van der Waals surface area contributed by atoms with Crippen molar-refractivity contribution in [2.45, 2.75) is 180 Å². The van der Waals surface area contributed by atoms with Crippen LogP contribution in [0.1, 0.15) is 174 Å². The molecule has 5 nitrogen and oxygen atoms in total. The maximum atomic E-state index is 12.2. The van der Waals surface area contributed by atoms with Gasteiger partial charge in [0.25, 0.3) is 0 Å². The van der Waals surface area contributed by atoms with Crippen LogP contribution < -0.4 is 0 Å². The van der Waals surface area contributed by atoms with Gasteiger partial charge in [0.15, 0.2) is 6.10 Å². The van der Waals surface area contributed by atoms with Crippen LogP contribution in [0.5, 0.6) is 0 Å². The van der Waals surface area contributed by atoms with E-state index in [2.05, 4.69) is 98.9 Å². The highest BCUT2D eigenvalue weighted by atomic mass is 16.6. The molecule has 0 aliphatic heterocycles. The second-order valence-corrected chi connectivity index (χ2v) is 13.3. The third-order valence-electron chi connectivity index (χ3n) is 8.42. The van der Waals surface area contributed by atoms with Gasteiger partial charge in [0, 0.05) is 12.8 Å². The first-order valence-corrected chi connectivity index (χ1v) is 20.6.